The number of nitrogens with two attached hydrogens (primary N) is 2. The van der Waals surface area contributed by atoms with Gasteiger partial charge in [0.25, 0.3) is 0 Å². The fourth-order valence-electron chi connectivity index (χ4n) is 3.43. The molecule has 8 nitrogen and oxygen atoms in total. The minimum absolute atomic E-state index is 0.316. The molecule has 25 heavy (non-hydrogen) atoms. The molecule has 0 radical (unpaired) electrons. The van der Waals surface area contributed by atoms with E-state index in [1.165, 1.54) is 0 Å². The van der Waals surface area contributed by atoms with Gasteiger partial charge in [0.15, 0.2) is 5.65 Å². The molecule has 0 spiro atoms. The number of aromatic nitrogens is 5. The highest BCUT2D eigenvalue weighted by molar-refractivity contribution is 5.48. The smallest absolute Gasteiger partial charge is 0.219 e. The van der Waals surface area contributed by atoms with Gasteiger partial charge >= 0.3 is 0 Å². The summed E-state index contributed by atoms with van der Waals surface area (Å²) in [4.78, 5) is 15.3. The van der Waals surface area contributed by atoms with E-state index < -0.39 is 0 Å². The van der Waals surface area contributed by atoms with Crippen molar-refractivity contribution in [2.45, 2.75) is 32.2 Å². The monoisotopic (exact) mass is 338 g/mol. The SMILES string of the molecule is Cc1cc2nc(C3CCN(Cc4cnc(N)nc4)CC3)cc(N)n2n1. The highest BCUT2D eigenvalue weighted by atomic mass is 15.3. The highest BCUT2D eigenvalue weighted by Crippen LogP contribution is 2.29. The Balaban J connectivity index is 1.44. The van der Waals surface area contributed by atoms with Crippen LogP contribution in [-0.2, 0) is 6.54 Å². The fraction of sp³-hybridized carbons (Fsp3) is 0.412. The second-order valence-electron chi connectivity index (χ2n) is 6.66. The summed E-state index contributed by atoms with van der Waals surface area (Å²) in [6.45, 7) is 4.83. The summed E-state index contributed by atoms with van der Waals surface area (Å²) in [7, 11) is 0. The van der Waals surface area contributed by atoms with E-state index in [0.29, 0.717) is 17.7 Å². The Hall–Kier alpha value is -2.74. The van der Waals surface area contributed by atoms with Gasteiger partial charge in [-0.05, 0) is 32.9 Å². The van der Waals surface area contributed by atoms with Crippen molar-refractivity contribution >= 4 is 17.4 Å². The van der Waals surface area contributed by atoms with Crippen LogP contribution in [0.5, 0.6) is 0 Å². The fourth-order valence-corrected chi connectivity index (χ4v) is 3.43. The lowest BCUT2D eigenvalue weighted by molar-refractivity contribution is 0.203. The maximum atomic E-state index is 6.14. The van der Waals surface area contributed by atoms with E-state index in [1.54, 1.807) is 16.9 Å². The van der Waals surface area contributed by atoms with Crippen molar-refractivity contribution in [2.24, 2.45) is 0 Å². The van der Waals surface area contributed by atoms with Gasteiger partial charge in [-0.1, -0.05) is 0 Å². The van der Waals surface area contributed by atoms with Gasteiger partial charge < -0.3 is 11.5 Å². The van der Waals surface area contributed by atoms with Crippen molar-refractivity contribution in [2.75, 3.05) is 24.6 Å². The summed E-state index contributed by atoms with van der Waals surface area (Å²) in [5.74, 6) is 1.40. The zero-order chi connectivity index (χ0) is 17.4. The summed E-state index contributed by atoms with van der Waals surface area (Å²) in [6.07, 6.45) is 5.72. The van der Waals surface area contributed by atoms with Crippen molar-refractivity contribution in [3.8, 4) is 0 Å². The Labute approximate surface area is 145 Å². The predicted octanol–water partition coefficient (Wildman–Crippen LogP) is 1.37. The van der Waals surface area contributed by atoms with Crippen LogP contribution in [0.4, 0.5) is 11.8 Å². The number of nitrogens with zero attached hydrogens (tertiary/aromatic N) is 6. The van der Waals surface area contributed by atoms with Gasteiger partial charge in [-0.25, -0.2) is 15.0 Å². The molecule has 1 aliphatic rings. The highest BCUT2D eigenvalue weighted by Gasteiger charge is 2.23. The third-order valence-electron chi connectivity index (χ3n) is 4.73. The van der Waals surface area contributed by atoms with Gasteiger partial charge in [-0.2, -0.15) is 9.61 Å². The number of nitrogen functional groups attached to an aromatic ring is 2. The van der Waals surface area contributed by atoms with Crippen LogP contribution < -0.4 is 11.5 Å². The Kier molecular flexibility index (Phi) is 3.96. The number of fused-ring (bicyclic) bond motifs is 1. The molecule has 0 aliphatic carbocycles. The van der Waals surface area contributed by atoms with E-state index >= 15 is 0 Å². The molecular weight excluding hydrogens is 316 g/mol. The number of piperidine rings is 1. The first-order valence-electron chi connectivity index (χ1n) is 8.50. The van der Waals surface area contributed by atoms with Crippen LogP contribution in [0.3, 0.4) is 0 Å². The third-order valence-corrected chi connectivity index (χ3v) is 4.73. The standard InChI is InChI=1S/C17H22N8/c1-11-6-16-22-14(7-15(18)25(16)23-11)13-2-4-24(5-3-13)10-12-8-20-17(19)21-9-12/h6-9,13H,2-5,10,18H2,1H3,(H2,19,20,21). The van der Waals surface area contributed by atoms with Crippen LogP contribution in [0.25, 0.3) is 5.65 Å². The first-order chi connectivity index (χ1) is 12.1. The third kappa shape index (κ3) is 3.25. The minimum atomic E-state index is 0.316. The van der Waals surface area contributed by atoms with Crippen molar-refractivity contribution in [3.63, 3.8) is 0 Å². The number of likely N-dealkylation sites (tertiary alicyclic amines) is 1. The molecule has 4 rings (SSSR count). The van der Waals surface area contributed by atoms with Crippen molar-refractivity contribution in [3.05, 3.63) is 41.5 Å². The van der Waals surface area contributed by atoms with E-state index in [2.05, 4.69) is 20.0 Å². The molecule has 1 aliphatic heterocycles. The van der Waals surface area contributed by atoms with Gasteiger partial charge in [0, 0.05) is 48.2 Å². The van der Waals surface area contributed by atoms with Crippen LogP contribution in [0.15, 0.2) is 24.5 Å². The molecule has 8 heteroatoms. The first kappa shape index (κ1) is 15.8. The largest absolute Gasteiger partial charge is 0.384 e. The number of rotatable bonds is 3. The first-order valence-corrected chi connectivity index (χ1v) is 8.50. The van der Waals surface area contributed by atoms with Gasteiger partial charge in [0.05, 0.1) is 5.69 Å². The average molecular weight is 338 g/mol. The summed E-state index contributed by atoms with van der Waals surface area (Å²) in [6, 6.07) is 3.93. The van der Waals surface area contributed by atoms with Crippen LogP contribution in [0.1, 0.15) is 35.7 Å². The van der Waals surface area contributed by atoms with Crippen LogP contribution in [-0.4, -0.2) is 42.6 Å². The molecule has 4 N–H and O–H groups in total. The molecule has 3 aromatic heterocycles. The van der Waals surface area contributed by atoms with E-state index in [4.69, 9.17) is 16.5 Å². The molecule has 0 bridgehead atoms. The van der Waals surface area contributed by atoms with Crippen molar-refractivity contribution in [1.29, 1.82) is 0 Å². The van der Waals surface area contributed by atoms with Gasteiger partial charge in [-0.3, -0.25) is 4.90 Å². The Morgan fingerprint density at radius 3 is 2.56 bits per heavy atom. The van der Waals surface area contributed by atoms with Gasteiger partial charge in [0.2, 0.25) is 5.95 Å². The maximum absolute atomic E-state index is 6.14. The van der Waals surface area contributed by atoms with Gasteiger partial charge in [0.1, 0.15) is 5.82 Å². The number of anilines is 2. The number of aryl methyl sites for hydroxylation is 1. The molecule has 130 valence electrons. The molecule has 1 saturated heterocycles. The van der Waals surface area contributed by atoms with Crippen LogP contribution in [0, 0.1) is 6.92 Å². The van der Waals surface area contributed by atoms with Gasteiger partial charge in [-0.15, -0.1) is 0 Å². The maximum Gasteiger partial charge on any atom is 0.219 e. The zero-order valence-corrected chi connectivity index (χ0v) is 14.3. The number of hydrogen-bond donors (Lipinski definition) is 2. The van der Waals surface area contributed by atoms with Crippen molar-refractivity contribution < 1.29 is 0 Å². The quantitative estimate of drug-likeness (QED) is 0.742. The lowest BCUT2D eigenvalue weighted by Gasteiger charge is -2.31. The summed E-state index contributed by atoms with van der Waals surface area (Å²) in [5, 5.41) is 4.36. The van der Waals surface area contributed by atoms with Crippen LogP contribution in [0.2, 0.25) is 0 Å². The predicted molar refractivity (Wildman–Crippen MR) is 95.8 cm³/mol. The Morgan fingerprint density at radius 1 is 1.12 bits per heavy atom. The van der Waals surface area contributed by atoms with E-state index in [0.717, 1.165) is 55.1 Å². The summed E-state index contributed by atoms with van der Waals surface area (Å²) >= 11 is 0. The molecule has 4 heterocycles. The molecule has 1 fully saturated rings. The minimum Gasteiger partial charge on any atom is -0.384 e. The summed E-state index contributed by atoms with van der Waals surface area (Å²) < 4.78 is 1.70. The Morgan fingerprint density at radius 2 is 1.84 bits per heavy atom. The topological polar surface area (TPSA) is 111 Å². The van der Waals surface area contributed by atoms with E-state index in [-0.39, 0.29) is 0 Å². The lowest BCUT2D eigenvalue weighted by Crippen LogP contribution is -2.32. The summed E-state index contributed by atoms with van der Waals surface area (Å²) in [5.41, 5.74) is 15.6. The molecule has 0 saturated carbocycles. The molecule has 0 aromatic carbocycles. The number of hydrogen-bond acceptors (Lipinski definition) is 7. The molecule has 0 atom stereocenters. The van der Waals surface area contributed by atoms with E-state index in [9.17, 15) is 0 Å². The van der Waals surface area contributed by atoms with Crippen LogP contribution >= 0.6 is 0 Å². The molecule has 0 amide bonds. The normalized spacial score (nSPS) is 16.5. The average Bonchev–Trinajstić information content (AvgIpc) is 2.99. The zero-order valence-electron chi connectivity index (χ0n) is 14.3. The second-order valence-corrected chi connectivity index (χ2v) is 6.66. The molecule has 3 aromatic rings. The van der Waals surface area contributed by atoms with Crippen molar-refractivity contribution in [1.82, 2.24) is 29.5 Å². The molecular formula is C17H22N8. The second kappa shape index (κ2) is 6.29. The molecule has 0 unspecified atom stereocenters. The lowest BCUT2D eigenvalue weighted by atomic mass is 9.93. The van der Waals surface area contributed by atoms with E-state index in [1.807, 2.05) is 19.1 Å². The Bertz CT molecular complexity index is 878.